The second-order valence-corrected chi connectivity index (χ2v) is 7.87. The summed E-state index contributed by atoms with van der Waals surface area (Å²) >= 11 is 1.14. The van der Waals surface area contributed by atoms with Gasteiger partial charge in [0.15, 0.2) is 0 Å². The van der Waals surface area contributed by atoms with Crippen molar-refractivity contribution in [2.75, 3.05) is 11.9 Å². The van der Waals surface area contributed by atoms with Crippen molar-refractivity contribution in [1.29, 1.82) is 0 Å². The number of carbonyl (C=O) groups excluding carboxylic acids is 2. The summed E-state index contributed by atoms with van der Waals surface area (Å²) in [4.78, 5) is 24.2. The van der Waals surface area contributed by atoms with Gasteiger partial charge >= 0.3 is 0 Å². The summed E-state index contributed by atoms with van der Waals surface area (Å²) in [6.45, 7) is 2.03. The first-order valence-corrected chi connectivity index (χ1v) is 10.5. The molecule has 156 valence electrons. The summed E-state index contributed by atoms with van der Waals surface area (Å²) in [5.41, 5.74) is 1.94. The van der Waals surface area contributed by atoms with Gasteiger partial charge in [-0.3, -0.25) is 9.59 Å². The molecule has 0 aliphatic carbocycles. The molecular formula is C22H24N4O3S. The highest BCUT2D eigenvalue weighted by molar-refractivity contribution is 7.13. The van der Waals surface area contributed by atoms with Gasteiger partial charge in [0, 0.05) is 11.7 Å². The SMILES string of the molecule is CC(CCc1ccccc1)NC(=O)COCc1nnc(C(=O)Nc2ccccc2)s1. The number of ether oxygens (including phenoxy) is 1. The molecule has 3 rings (SSSR count). The molecule has 1 heterocycles. The van der Waals surface area contributed by atoms with Crippen LogP contribution < -0.4 is 10.6 Å². The Morgan fingerprint density at radius 3 is 2.47 bits per heavy atom. The van der Waals surface area contributed by atoms with E-state index < -0.39 is 0 Å². The van der Waals surface area contributed by atoms with Crippen LogP contribution in [0.25, 0.3) is 0 Å². The average Bonchev–Trinajstić information content (AvgIpc) is 3.23. The minimum atomic E-state index is -0.324. The molecule has 30 heavy (non-hydrogen) atoms. The summed E-state index contributed by atoms with van der Waals surface area (Å²) in [7, 11) is 0. The van der Waals surface area contributed by atoms with Gasteiger partial charge in [0.1, 0.15) is 18.2 Å². The van der Waals surface area contributed by atoms with E-state index in [4.69, 9.17) is 4.74 Å². The molecule has 2 N–H and O–H groups in total. The van der Waals surface area contributed by atoms with E-state index in [9.17, 15) is 9.59 Å². The maximum absolute atomic E-state index is 12.2. The zero-order valence-electron chi connectivity index (χ0n) is 16.7. The molecule has 2 amide bonds. The molecule has 0 fully saturated rings. The van der Waals surface area contributed by atoms with Crippen molar-refractivity contribution in [1.82, 2.24) is 15.5 Å². The second kappa shape index (κ2) is 11.2. The second-order valence-electron chi connectivity index (χ2n) is 6.81. The molecule has 1 aromatic heterocycles. The maximum Gasteiger partial charge on any atom is 0.286 e. The standard InChI is InChI=1S/C22H24N4O3S/c1-16(12-13-17-8-4-2-5-9-17)23-19(27)14-29-15-20-25-26-22(30-20)21(28)24-18-10-6-3-7-11-18/h2-11,16H,12-15H2,1H3,(H,23,27)(H,24,28). The molecule has 1 unspecified atom stereocenters. The number of para-hydroxylation sites is 1. The van der Waals surface area contributed by atoms with Gasteiger partial charge in [0.2, 0.25) is 10.9 Å². The molecule has 0 bridgehead atoms. The summed E-state index contributed by atoms with van der Waals surface area (Å²) in [6, 6.07) is 19.3. The quantitative estimate of drug-likeness (QED) is 0.520. The zero-order valence-corrected chi connectivity index (χ0v) is 17.5. The van der Waals surface area contributed by atoms with Crippen molar-refractivity contribution in [2.24, 2.45) is 0 Å². The van der Waals surface area contributed by atoms with Gasteiger partial charge in [-0.1, -0.05) is 59.9 Å². The van der Waals surface area contributed by atoms with Gasteiger partial charge in [-0.2, -0.15) is 0 Å². The molecule has 1 atom stereocenters. The minimum absolute atomic E-state index is 0.0520. The number of aryl methyl sites for hydroxylation is 1. The van der Waals surface area contributed by atoms with Gasteiger partial charge in [-0.05, 0) is 37.5 Å². The first-order chi connectivity index (χ1) is 14.6. The Balaban J connectivity index is 1.35. The molecule has 3 aromatic rings. The van der Waals surface area contributed by atoms with Crippen molar-refractivity contribution >= 4 is 28.8 Å². The largest absolute Gasteiger partial charge is 0.364 e. The van der Waals surface area contributed by atoms with Crippen molar-refractivity contribution in [3.63, 3.8) is 0 Å². The lowest BCUT2D eigenvalue weighted by Gasteiger charge is -2.13. The highest BCUT2D eigenvalue weighted by atomic mass is 32.1. The van der Waals surface area contributed by atoms with Crippen LogP contribution in [0, 0.1) is 0 Å². The number of anilines is 1. The zero-order chi connectivity index (χ0) is 21.2. The fourth-order valence-corrected chi connectivity index (χ4v) is 3.43. The summed E-state index contributed by atoms with van der Waals surface area (Å²) in [5, 5.41) is 14.3. The summed E-state index contributed by atoms with van der Waals surface area (Å²) in [5.74, 6) is -0.503. The van der Waals surface area contributed by atoms with E-state index in [1.165, 1.54) is 5.56 Å². The van der Waals surface area contributed by atoms with E-state index in [0.717, 1.165) is 24.2 Å². The number of aromatic nitrogens is 2. The molecule has 0 saturated carbocycles. The van der Waals surface area contributed by atoms with Crippen LogP contribution in [0.1, 0.15) is 33.7 Å². The van der Waals surface area contributed by atoms with Gasteiger partial charge in [0.25, 0.3) is 5.91 Å². The maximum atomic E-state index is 12.2. The Morgan fingerprint density at radius 2 is 1.73 bits per heavy atom. The van der Waals surface area contributed by atoms with Gasteiger partial charge in [0.05, 0.1) is 0 Å². The molecule has 7 nitrogen and oxygen atoms in total. The predicted octanol–water partition coefficient (Wildman–Crippen LogP) is 3.44. The number of hydrogen-bond donors (Lipinski definition) is 2. The molecule has 0 radical (unpaired) electrons. The Kier molecular flexibility index (Phi) is 8.05. The number of amides is 2. The van der Waals surface area contributed by atoms with Crippen LogP contribution >= 0.6 is 11.3 Å². The molecule has 8 heteroatoms. The fourth-order valence-electron chi connectivity index (χ4n) is 2.76. The number of nitrogens with zero attached hydrogens (tertiary/aromatic N) is 2. The predicted molar refractivity (Wildman–Crippen MR) is 116 cm³/mol. The van der Waals surface area contributed by atoms with E-state index in [1.54, 1.807) is 12.1 Å². The number of rotatable bonds is 10. The summed E-state index contributed by atoms with van der Waals surface area (Å²) < 4.78 is 5.42. The lowest BCUT2D eigenvalue weighted by molar-refractivity contribution is -0.126. The van der Waals surface area contributed by atoms with Crippen molar-refractivity contribution in [3.8, 4) is 0 Å². The first-order valence-electron chi connectivity index (χ1n) is 9.70. The highest BCUT2D eigenvalue weighted by Gasteiger charge is 2.14. The molecular weight excluding hydrogens is 400 g/mol. The van der Waals surface area contributed by atoms with Crippen LogP contribution in [0.5, 0.6) is 0 Å². The van der Waals surface area contributed by atoms with Crippen LogP contribution in [0.3, 0.4) is 0 Å². The molecule has 0 aliphatic heterocycles. The van der Waals surface area contributed by atoms with E-state index in [-0.39, 0.29) is 36.1 Å². The van der Waals surface area contributed by atoms with Crippen LogP contribution in [0.2, 0.25) is 0 Å². The van der Waals surface area contributed by atoms with Crippen LogP contribution in [-0.4, -0.2) is 34.7 Å². The van der Waals surface area contributed by atoms with Gasteiger partial charge in [-0.25, -0.2) is 0 Å². The summed E-state index contributed by atoms with van der Waals surface area (Å²) in [6.07, 6.45) is 1.76. The van der Waals surface area contributed by atoms with Gasteiger partial charge in [-0.15, -0.1) is 10.2 Å². The smallest absolute Gasteiger partial charge is 0.286 e. The number of carbonyl (C=O) groups is 2. The number of benzene rings is 2. The van der Waals surface area contributed by atoms with Crippen molar-refractivity contribution in [3.05, 3.63) is 76.2 Å². The Morgan fingerprint density at radius 1 is 1.03 bits per heavy atom. The third-order valence-corrected chi connectivity index (χ3v) is 5.16. The fraction of sp³-hybridized carbons (Fsp3) is 0.273. The molecule has 0 spiro atoms. The first kappa shape index (κ1) is 21.6. The normalized spacial score (nSPS) is 11.6. The third kappa shape index (κ3) is 7.06. The Labute approximate surface area is 179 Å². The topological polar surface area (TPSA) is 93.2 Å². The lowest BCUT2D eigenvalue weighted by atomic mass is 10.1. The number of hydrogen-bond acceptors (Lipinski definition) is 6. The van der Waals surface area contributed by atoms with Crippen LogP contribution in [0.4, 0.5) is 5.69 Å². The molecule has 0 aliphatic rings. The Bertz CT molecular complexity index is 947. The lowest BCUT2D eigenvalue weighted by Crippen LogP contribution is -2.35. The van der Waals surface area contributed by atoms with Crippen LogP contribution in [-0.2, 0) is 22.6 Å². The molecule has 0 saturated heterocycles. The monoisotopic (exact) mass is 424 g/mol. The van der Waals surface area contributed by atoms with Crippen molar-refractivity contribution < 1.29 is 14.3 Å². The van der Waals surface area contributed by atoms with E-state index in [2.05, 4.69) is 33.0 Å². The Hall–Kier alpha value is -3.10. The van der Waals surface area contributed by atoms with E-state index in [0.29, 0.717) is 10.7 Å². The average molecular weight is 425 g/mol. The highest BCUT2D eigenvalue weighted by Crippen LogP contribution is 2.14. The van der Waals surface area contributed by atoms with Crippen molar-refractivity contribution in [2.45, 2.75) is 32.4 Å². The number of nitrogens with one attached hydrogen (secondary N) is 2. The molecule has 2 aromatic carbocycles. The van der Waals surface area contributed by atoms with Crippen LogP contribution in [0.15, 0.2) is 60.7 Å². The van der Waals surface area contributed by atoms with Gasteiger partial charge < -0.3 is 15.4 Å². The minimum Gasteiger partial charge on any atom is -0.364 e. The third-order valence-electron chi connectivity index (χ3n) is 4.27. The van der Waals surface area contributed by atoms with E-state index in [1.807, 2.05) is 43.3 Å². The van der Waals surface area contributed by atoms with E-state index >= 15 is 0 Å².